The number of hydrogen-bond donors (Lipinski definition) is 2. The second kappa shape index (κ2) is 3.97. The molecule has 1 aliphatic heterocycles. The molecule has 1 aliphatic rings. The topological polar surface area (TPSA) is 32.3 Å². The zero-order valence-electron chi connectivity index (χ0n) is 7.56. The van der Waals surface area contributed by atoms with Gasteiger partial charge in [0, 0.05) is 16.6 Å². The summed E-state index contributed by atoms with van der Waals surface area (Å²) < 4.78 is 0. The zero-order chi connectivity index (χ0) is 10.1. The van der Waals surface area contributed by atoms with Crippen LogP contribution in [0.2, 0.25) is 10.0 Å². The normalized spacial score (nSPS) is 21.4. The molecule has 0 saturated carbocycles. The highest BCUT2D eigenvalue weighted by molar-refractivity contribution is 6.35. The lowest BCUT2D eigenvalue weighted by Crippen LogP contribution is -2.12. The number of rotatable bonds is 1. The van der Waals surface area contributed by atoms with Crippen molar-refractivity contribution in [3.05, 3.63) is 27.7 Å². The van der Waals surface area contributed by atoms with Gasteiger partial charge in [0.2, 0.25) is 0 Å². The van der Waals surface area contributed by atoms with Crippen LogP contribution in [0.25, 0.3) is 0 Å². The smallest absolute Gasteiger partial charge is 0.139 e. The van der Waals surface area contributed by atoms with Crippen LogP contribution >= 0.6 is 23.2 Å². The van der Waals surface area contributed by atoms with Crippen LogP contribution in [0, 0.1) is 0 Å². The Morgan fingerprint density at radius 2 is 2.14 bits per heavy atom. The number of phenolic OH excluding ortho intramolecular Hbond substituents is 1. The molecular formula is C10H11Cl2NO. The van der Waals surface area contributed by atoms with Gasteiger partial charge in [-0.05, 0) is 31.5 Å². The average molecular weight is 232 g/mol. The summed E-state index contributed by atoms with van der Waals surface area (Å²) in [5.74, 6) is 0.149. The van der Waals surface area contributed by atoms with E-state index in [-0.39, 0.29) is 11.8 Å². The molecule has 4 heteroatoms. The molecule has 0 bridgehead atoms. The summed E-state index contributed by atoms with van der Waals surface area (Å²) in [7, 11) is 0. The van der Waals surface area contributed by atoms with E-state index < -0.39 is 0 Å². The lowest BCUT2D eigenvalue weighted by Gasteiger charge is -2.13. The highest BCUT2D eigenvalue weighted by Crippen LogP contribution is 2.37. The Balaban J connectivity index is 2.40. The lowest BCUT2D eigenvalue weighted by molar-refractivity contribution is 0.457. The third-order valence-corrected chi connectivity index (χ3v) is 3.00. The van der Waals surface area contributed by atoms with E-state index in [2.05, 4.69) is 5.32 Å². The van der Waals surface area contributed by atoms with Gasteiger partial charge in [0.05, 0.1) is 5.02 Å². The molecule has 0 spiro atoms. The summed E-state index contributed by atoms with van der Waals surface area (Å²) in [6.07, 6.45) is 2.14. The number of hydrogen-bond acceptors (Lipinski definition) is 2. The maximum Gasteiger partial charge on any atom is 0.139 e. The predicted octanol–water partition coefficient (Wildman–Crippen LogP) is 3.12. The van der Waals surface area contributed by atoms with Crippen molar-refractivity contribution in [2.75, 3.05) is 6.54 Å². The standard InChI is InChI=1S/C10H11Cl2NO/c11-6-4-7(9-2-1-3-13-9)10(14)8(12)5-6/h4-5,9,13-14H,1-3H2. The molecule has 1 fully saturated rings. The number of benzene rings is 1. The summed E-state index contributed by atoms with van der Waals surface area (Å²) >= 11 is 11.7. The third kappa shape index (κ3) is 1.83. The van der Waals surface area contributed by atoms with Gasteiger partial charge < -0.3 is 10.4 Å². The molecule has 14 heavy (non-hydrogen) atoms. The molecule has 0 radical (unpaired) electrons. The van der Waals surface area contributed by atoms with Gasteiger partial charge >= 0.3 is 0 Å². The Morgan fingerprint density at radius 3 is 2.79 bits per heavy atom. The van der Waals surface area contributed by atoms with E-state index in [1.165, 1.54) is 0 Å². The Kier molecular flexibility index (Phi) is 2.86. The summed E-state index contributed by atoms with van der Waals surface area (Å²) in [6, 6.07) is 3.51. The molecule has 1 heterocycles. The Labute approximate surface area is 92.8 Å². The lowest BCUT2D eigenvalue weighted by atomic mass is 10.0. The number of halogens is 2. The molecule has 0 amide bonds. The van der Waals surface area contributed by atoms with E-state index in [1.54, 1.807) is 12.1 Å². The second-order valence-electron chi connectivity index (χ2n) is 3.47. The van der Waals surface area contributed by atoms with Crippen molar-refractivity contribution in [1.82, 2.24) is 5.32 Å². The fourth-order valence-electron chi connectivity index (χ4n) is 1.80. The summed E-state index contributed by atoms with van der Waals surface area (Å²) in [6.45, 7) is 0.980. The van der Waals surface area contributed by atoms with Crippen LogP contribution in [0.15, 0.2) is 12.1 Å². The van der Waals surface area contributed by atoms with Crippen LogP contribution in [0.5, 0.6) is 5.75 Å². The first-order valence-corrected chi connectivity index (χ1v) is 5.35. The fraction of sp³-hybridized carbons (Fsp3) is 0.400. The van der Waals surface area contributed by atoms with Crippen LogP contribution in [0.4, 0.5) is 0 Å². The third-order valence-electron chi connectivity index (χ3n) is 2.49. The molecular weight excluding hydrogens is 221 g/mol. The molecule has 1 aromatic carbocycles. The quantitative estimate of drug-likeness (QED) is 0.779. The Hall–Kier alpha value is -0.440. The minimum Gasteiger partial charge on any atom is -0.506 e. The highest BCUT2D eigenvalue weighted by Gasteiger charge is 2.21. The highest BCUT2D eigenvalue weighted by atomic mass is 35.5. The van der Waals surface area contributed by atoms with Crippen LogP contribution in [-0.4, -0.2) is 11.7 Å². The van der Waals surface area contributed by atoms with Gasteiger partial charge in [-0.3, -0.25) is 0 Å². The van der Waals surface area contributed by atoms with Crippen molar-refractivity contribution < 1.29 is 5.11 Å². The minimum atomic E-state index is 0.149. The van der Waals surface area contributed by atoms with Gasteiger partial charge in [0.1, 0.15) is 5.75 Å². The van der Waals surface area contributed by atoms with E-state index >= 15 is 0 Å². The van der Waals surface area contributed by atoms with Gasteiger partial charge in [-0.25, -0.2) is 0 Å². The monoisotopic (exact) mass is 231 g/mol. The number of phenols is 1. The van der Waals surface area contributed by atoms with Crippen LogP contribution in [0.1, 0.15) is 24.4 Å². The predicted molar refractivity (Wildman–Crippen MR) is 58.1 cm³/mol. The van der Waals surface area contributed by atoms with E-state index in [1.807, 2.05) is 0 Å². The maximum atomic E-state index is 9.75. The largest absolute Gasteiger partial charge is 0.506 e. The number of aromatic hydroxyl groups is 1. The van der Waals surface area contributed by atoms with Crippen molar-refractivity contribution in [3.8, 4) is 5.75 Å². The minimum absolute atomic E-state index is 0.149. The molecule has 2 nitrogen and oxygen atoms in total. The fourth-order valence-corrected chi connectivity index (χ4v) is 2.31. The molecule has 0 aromatic heterocycles. The number of nitrogens with one attached hydrogen (secondary N) is 1. The van der Waals surface area contributed by atoms with Crippen molar-refractivity contribution in [2.45, 2.75) is 18.9 Å². The van der Waals surface area contributed by atoms with Crippen molar-refractivity contribution in [3.63, 3.8) is 0 Å². The van der Waals surface area contributed by atoms with Gasteiger partial charge in [0.15, 0.2) is 0 Å². The van der Waals surface area contributed by atoms with E-state index in [0.717, 1.165) is 24.9 Å². The van der Waals surface area contributed by atoms with E-state index in [4.69, 9.17) is 23.2 Å². The molecule has 1 atom stereocenters. The van der Waals surface area contributed by atoms with Crippen molar-refractivity contribution in [1.29, 1.82) is 0 Å². The summed E-state index contributed by atoms with van der Waals surface area (Å²) in [4.78, 5) is 0. The summed E-state index contributed by atoms with van der Waals surface area (Å²) in [5, 5.41) is 13.9. The first-order valence-electron chi connectivity index (χ1n) is 4.60. The molecule has 76 valence electrons. The SMILES string of the molecule is Oc1c(Cl)cc(Cl)cc1C1CCCN1. The van der Waals surface area contributed by atoms with Crippen LogP contribution in [-0.2, 0) is 0 Å². The van der Waals surface area contributed by atoms with Gasteiger partial charge in [-0.2, -0.15) is 0 Å². The van der Waals surface area contributed by atoms with Crippen LogP contribution in [0.3, 0.4) is 0 Å². The Morgan fingerprint density at radius 1 is 1.36 bits per heavy atom. The molecule has 2 N–H and O–H groups in total. The molecule has 1 aromatic rings. The van der Waals surface area contributed by atoms with Gasteiger partial charge in [-0.1, -0.05) is 23.2 Å². The van der Waals surface area contributed by atoms with Gasteiger partial charge in [0.25, 0.3) is 0 Å². The summed E-state index contributed by atoms with van der Waals surface area (Å²) in [5.41, 5.74) is 0.806. The second-order valence-corrected chi connectivity index (χ2v) is 4.32. The molecule has 0 aliphatic carbocycles. The van der Waals surface area contributed by atoms with Crippen molar-refractivity contribution in [2.24, 2.45) is 0 Å². The Bertz CT molecular complexity index is 348. The molecule has 1 unspecified atom stereocenters. The first-order chi connectivity index (χ1) is 6.68. The van der Waals surface area contributed by atoms with Crippen molar-refractivity contribution >= 4 is 23.2 Å². The van der Waals surface area contributed by atoms with Crippen LogP contribution < -0.4 is 5.32 Å². The van der Waals surface area contributed by atoms with Gasteiger partial charge in [-0.15, -0.1) is 0 Å². The first kappa shape index (κ1) is 10.1. The maximum absolute atomic E-state index is 9.75. The molecule has 1 saturated heterocycles. The average Bonchev–Trinajstić information content (AvgIpc) is 2.63. The zero-order valence-corrected chi connectivity index (χ0v) is 9.07. The van der Waals surface area contributed by atoms with E-state index in [9.17, 15) is 5.11 Å². The van der Waals surface area contributed by atoms with E-state index in [0.29, 0.717) is 10.0 Å². The molecule has 2 rings (SSSR count).